The number of nitrogens with zero attached hydrogens (tertiary/aromatic N) is 1. The van der Waals surface area contributed by atoms with E-state index in [0.717, 1.165) is 47.2 Å². The maximum absolute atomic E-state index is 13.4. The lowest BCUT2D eigenvalue weighted by Crippen LogP contribution is -2.37. The van der Waals surface area contributed by atoms with Gasteiger partial charge in [0, 0.05) is 41.0 Å². The molecule has 5 nitrogen and oxygen atoms in total. The Morgan fingerprint density at radius 2 is 2.03 bits per heavy atom. The molecule has 5 heteroatoms. The van der Waals surface area contributed by atoms with Crippen molar-refractivity contribution in [3.8, 4) is 0 Å². The number of para-hydroxylation sites is 1. The number of aromatic nitrogens is 1. The fourth-order valence-electron chi connectivity index (χ4n) is 4.90. The third kappa shape index (κ3) is 4.21. The molecular formula is C28H31N3O2. The highest BCUT2D eigenvalue weighted by Crippen LogP contribution is 2.27. The maximum atomic E-state index is 13.4. The summed E-state index contributed by atoms with van der Waals surface area (Å²) in [4.78, 5) is 18.6. The number of H-pyrrole nitrogens is 1. The zero-order chi connectivity index (χ0) is 22.9. The molecule has 1 aliphatic carbocycles. The van der Waals surface area contributed by atoms with Gasteiger partial charge in [0.1, 0.15) is 17.0 Å². The van der Waals surface area contributed by atoms with Gasteiger partial charge in [0.05, 0.1) is 6.54 Å². The van der Waals surface area contributed by atoms with E-state index in [1.807, 2.05) is 42.2 Å². The molecule has 4 aromatic rings. The van der Waals surface area contributed by atoms with Crippen LogP contribution in [-0.2, 0) is 6.54 Å². The molecule has 2 aromatic heterocycles. The highest BCUT2D eigenvalue weighted by molar-refractivity contribution is 5.99. The van der Waals surface area contributed by atoms with Gasteiger partial charge in [-0.05, 0) is 63.4 Å². The van der Waals surface area contributed by atoms with Crippen LogP contribution in [0.2, 0.25) is 0 Å². The maximum Gasteiger partial charge on any atom is 0.274 e. The highest BCUT2D eigenvalue weighted by atomic mass is 16.3. The summed E-state index contributed by atoms with van der Waals surface area (Å²) < 4.78 is 6.07. The number of hydrogen-bond donors (Lipinski definition) is 2. The van der Waals surface area contributed by atoms with Crippen LogP contribution in [0.25, 0.3) is 21.9 Å². The Hall–Kier alpha value is -3.31. The lowest BCUT2D eigenvalue weighted by Gasteiger charge is -2.30. The first-order valence-electron chi connectivity index (χ1n) is 11.8. The molecule has 0 fully saturated rings. The summed E-state index contributed by atoms with van der Waals surface area (Å²) in [5.41, 5.74) is 6.07. The molecular weight excluding hydrogens is 410 g/mol. The molecule has 1 amide bonds. The first-order chi connectivity index (χ1) is 16.0. The Labute approximate surface area is 194 Å². The summed E-state index contributed by atoms with van der Waals surface area (Å²) in [5.74, 6) is 1.02. The van der Waals surface area contributed by atoms with Gasteiger partial charge in [0.2, 0.25) is 0 Å². The van der Waals surface area contributed by atoms with Crippen molar-refractivity contribution in [1.29, 1.82) is 0 Å². The third-order valence-electron chi connectivity index (χ3n) is 6.76. The zero-order valence-electron chi connectivity index (χ0n) is 19.6. The number of nitrogens with one attached hydrogen (secondary N) is 2. The molecule has 0 spiro atoms. The van der Waals surface area contributed by atoms with Crippen molar-refractivity contribution in [3.05, 3.63) is 82.9 Å². The first-order valence-corrected chi connectivity index (χ1v) is 11.8. The fraction of sp³-hybridized carbons (Fsp3) is 0.321. The van der Waals surface area contributed by atoms with Gasteiger partial charge in [0.15, 0.2) is 0 Å². The number of allylic oxidation sites excluding steroid dienone is 1. The van der Waals surface area contributed by atoms with E-state index in [0.29, 0.717) is 24.8 Å². The van der Waals surface area contributed by atoms with Crippen molar-refractivity contribution in [1.82, 2.24) is 15.2 Å². The van der Waals surface area contributed by atoms with E-state index >= 15 is 0 Å². The minimum absolute atomic E-state index is 0.0337. The van der Waals surface area contributed by atoms with E-state index in [1.165, 1.54) is 16.5 Å². The Morgan fingerprint density at radius 1 is 1.18 bits per heavy atom. The van der Waals surface area contributed by atoms with E-state index in [4.69, 9.17) is 4.42 Å². The fourth-order valence-corrected chi connectivity index (χ4v) is 4.90. The number of aryl methyl sites for hydroxylation is 2. The van der Waals surface area contributed by atoms with Crippen LogP contribution in [0.3, 0.4) is 0 Å². The highest BCUT2D eigenvalue weighted by Gasteiger charge is 2.25. The number of aromatic amines is 1. The Kier molecular flexibility index (Phi) is 5.81. The number of carbonyl (C=O) groups is 1. The Balaban J connectivity index is 1.28. The minimum atomic E-state index is 0.0337. The van der Waals surface area contributed by atoms with Crippen LogP contribution >= 0.6 is 0 Å². The lowest BCUT2D eigenvalue weighted by atomic mass is 9.97. The van der Waals surface area contributed by atoms with Crippen molar-refractivity contribution < 1.29 is 9.21 Å². The number of benzene rings is 2. The molecule has 5 rings (SSSR count). The monoisotopic (exact) mass is 441 g/mol. The SMILES string of the molecule is CCN(C(=O)c1cc2cc(C)ccc2[nH]1)C1=CCC[C@@H](NCc2oc3ccccc3c2C)C1. The average molecular weight is 442 g/mol. The number of carbonyl (C=O) groups excluding carboxylic acids is 1. The summed E-state index contributed by atoms with van der Waals surface area (Å²) in [6.45, 7) is 7.57. The second-order valence-electron chi connectivity index (χ2n) is 9.02. The molecule has 0 bridgehead atoms. The summed E-state index contributed by atoms with van der Waals surface area (Å²) in [7, 11) is 0. The minimum Gasteiger partial charge on any atom is -0.459 e. The first kappa shape index (κ1) is 21.5. The van der Waals surface area contributed by atoms with E-state index in [1.54, 1.807) is 0 Å². The predicted octanol–water partition coefficient (Wildman–Crippen LogP) is 6.22. The number of hydrogen-bond acceptors (Lipinski definition) is 3. The number of rotatable bonds is 6. The number of furan rings is 1. The molecule has 2 N–H and O–H groups in total. The molecule has 1 atom stereocenters. The largest absolute Gasteiger partial charge is 0.459 e. The van der Waals surface area contributed by atoms with Crippen molar-refractivity contribution in [2.24, 2.45) is 0 Å². The van der Waals surface area contributed by atoms with E-state index in [2.05, 4.69) is 48.4 Å². The smallest absolute Gasteiger partial charge is 0.274 e. The van der Waals surface area contributed by atoms with Crippen LogP contribution < -0.4 is 5.32 Å². The molecule has 2 aromatic carbocycles. The van der Waals surface area contributed by atoms with Crippen LogP contribution in [0.1, 0.15) is 53.6 Å². The molecule has 0 radical (unpaired) electrons. The van der Waals surface area contributed by atoms with E-state index in [9.17, 15) is 4.79 Å². The van der Waals surface area contributed by atoms with Gasteiger partial charge in [0.25, 0.3) is 5.91 Å². The second-order valence-corrected chi connectivity index (χ2v) is 9.02. The molecule has 2 heterocycles. The van der Waals surface area contributed by atoms with Gasteiger partial charge in [-0.3, -0.25) is 4.79 Å². The quantitative estimate of drug-likeness (QED) is 0.373. The molecule has 0 aliphatic heterocycles. The second kappa shape index (κ2) is 8.91. The molecule has 0 unspecified atom stereocenters. The van der Waals surface area contributed by atoms with Crippen LogP contribution in [-0.4, -0.2) is 28.4 Å². The summed E-state index contributed by atoms with van der Waals surface area (Å²) in [6.07, 6.45) is 5.07. The van der Waals surface area contributed by atoms with Gasteiger partial charge in [-0.2, -0.15) is 0 Å². The van der Waals surface area contributed by atoms with Gasteiger partial charge in [-0.25, -0.2) is 0 Å². The molecule has 0 saturated heterocycles. The van der Waals surface area contributed by atoms with Crippen molar-refractivity contribution >= 4 is 27.8 Å². The van der Waals surface area contributed by atoms with Gasteiger partial charge >= 0.3 is 0 Å². The molecule has 1 aliphatic rings. The summed E-state index contributed by atoms with van der Waals surface area (Å²) >= 11 is 0. The topological polar surface area (TPSA) is 61.3 Å². The number of amides is 1. The zero-order valence-corrected chi connectivity index (χ0v) is 19.6. The Bertz CT molecular complexity index is 1340. The van der Waals surface area contributed by atoms with Gasteiger partial charge in [-0.15, -0.1) is 0 Å². The van der Waals surface area contributed by atoms with Gasteiger partial charge < -0.3 is 19.6 Å². The van der Waals surface area contributed by atoms with E-state index < -0.39 is 0 Å². The van der Waals surface area contributed by atoms with Crippen molar-refractivity contribution in [2.75, 3.05) is 6.54 Å². The van der Waals surface area contributed by atoms with Gasteiger partial charge in [-0.1, -0.05) is 35.9 Å². The summed E-state index contributed by atoms with van der Waals surface area (Å²) in [6, 6.07) is 16.7. The van der Waals surface area contributed by atoms with Crippen LogP contribution in [0.5, 0.6) is 0 Å². The molecule has 33 heavy (non-hydrogen) atoms. The normalized spacial score (nSPS) is 16.3. The molecule has 0 saturated carbocycles. The lowest BCUT2D eigenvalue weighted by molar-refractivity contribution is 0.0797. The third-order valence-corrected chi connectivity index (χ3v) is 6.76. The standard InChI is InChI=1S/C28H31N3O2/c1-4-31(28(32)25-15-20-14-18(2)12-13-24(20)30-25)22-9-7-8-21(16-22)29-17-27-19(3)23-10-5-6-11-26(23)33-27/h5-6,9-15,21,29-30H,4,7-8,16-17H2,1-3H3/t21-/m1/s1. The van der Waals surface area contributed by atoms with Crippen LogP contribution in [0.4, 0.5) is 0 Å². The van der Waals surface area contributed by atoms with E-state index in [-0.39, 0.29) is 5.91 Å². The average Bonchev–Trinajstić information content (AvgIpc) is 3.39. The van der Waals surface area contributed by atoms with Crippen molar-refractivity contribution in [2.45, 2.75) is 52.6 Å². The summed E-state index contributed by atoms with van der Waals surface area (Å²) in [5, 5.41) is 5.93. The van der Waals surface area contributed by atoms with Crippen LogP contribution in [0.15, 0.2) is 64.7 Å². The Morgan fingerprint density at radius 3 is 2.85 bits per heavy atom. The molecule has 170 valence electrons. The number of fused-ring (bicyclic) bond motifs is 2. The van der Waals surface area contributed by atoms with Crippen LogP contribution in [0, 0.1) is 13.8 Å². The van der Waals surface area contributed by atoms with Crippen molar-refractivity contribution in [3.63, 3.8) is 0 Å². The predicted molar refractivity (Wildman–Crippen MR) is 133 cm³/mol.